The van der Waals surface area contributed by atoms with Gasteiger partial charge >= 0.3 is 0 Å². The maximum Gasteiger partial charge on any atom is 0.293 e. The van der Waals surface area contributed by atoms with Crippen molar-refractivity contribution < 1.29 is 9.72 Å². The van der Waals surface area contributed by atoms with Crippen LogP contribution in [-0.2, 0) is 6.42 Å². The first-order chi connectivity index (χ1) is 9.61. The molecule has 2 rings (SSSR count). The minimum Gasteiger partial charge on any atom is -0.369 e. The number of nitro benzene ring substituents is 1. The summed E-state index contributed by atoms with van der Waals surface area (Å²) in [5, 5.41) is 13.1. The molecule has 0 aliphatic carbocycles. The van der Waals surface area contributed by atoms with Crippen LogP contribution in [0.15, 0.2) is 35.7 Å². The first-order valence-corrected chi connectivity index (χ1v) is 6.97. The van der Waals surface area contributed by atoms with Gasteiger partial charge in [0, 0.05) is 30.1 Å². The second kappa shape index (κ2) is 6.29. The van der Waals surface area contributed by atoms with Crippen molar-refractivity contribution in [2.75, 3.05) is 18.5 Å². The van der Waals surface area contributed by atoms with E-state index < -0.39 is 4.92 Å². The van der Waals surface area contributed by atoms with E-state index in [-0.39, 0.29) is 5.69 Å². The summed E-state index contributed by atoms with van der Waals surface area (Å²) in [6.45, 7) is 0.682. The first-order valence-electron chi connectivity index (χ1n) is 6.09. The monoisotopic (exact) mass is 290 g/mol. The van der Waals surface area contributed by atoms with Gasteiger partial charge in [0.05, 0.1) is 4.92 Å². The van der Waals surface area contributed by atoms with Crippen molar-refractivity contribution in [3.05, 3.63) is 56.3 Å². The molecule has 1 heterocycles. The Kier molecular flexibility index (Phi) is 4.47. The standard InChI is InChI=1S/C14H14N2O3S/c1-15(7-6-12-3-2-8-20-12)13-5-4-11(10-17)9-14(13)16(18)19/h2-5,8-10H,6-7H2,1H3. The van der Waals surface area contributed by atoms with Crippen LogP contribution in [0.2, 0.25) is 0 Å². The Morgan fingerprint density at radius 2 is 2.20 bits per heavy atom. The number of nitro groups is 1. The number of aldehydes is 1. The van der Waals surface area contributed by atoms with Crippen molar-refractivity contribution in [2.24, 2.45) is 0 Å². The highest BCUT2D eigenvalue weighted by Crippen LogP contribution is 2.28. The van der Waals surface area contributed by atoms with E-state index in [9.17, 15) is 14.9 Å². The molecular formula is C14H14N2O3S. The zero-order valence-corrected chi connectivity index (χ0v) is 11.8. The average Bonchev–Trinajstić information content (AvgIpc) is 2.97. The third-order valence-electron chi connectivity index (χ3n) is 3.02. The molecule has 0 aliphatic rings. The number of rotatable bonds is 6. The van der Waals surface area contributed by atoms with Gasteiger partial charge in [-0.2, -0.15) is 0 Å². The third-order valence-corrected chi connectivity index (χ3v) is 3.95. The number of carbonyl (C=O) groups is 1. The molecule has 2 aromatic rings. The summed E-state index contributed by atoms with van der Waals surface area (Å²) in [7, 11) is 1.82. The van der Waals surface area contributed by atoms with Gasteiger partial charge in [0.15, 0.2) is 0 Å². The van der Waals surface area contributed by atoms with E-state index in [1.165, 1.54) is 10.9 Å². The highest BCUT2D eigenvalue weighted by molar-refractivity contribution is 7.09. The molecule has 0 radical (unpaired) electrons. The van der Waals surface area contributed by atoms with Crippen molar-refractivity contribution in [3.8, 4) is 0 Å². The fraction of sp³-hybridized carbons (Fsp3) is 0.214. The Morgan fingerprint density at radius 1 is 1.40 bits per heavy atom. The van der Waals surface area contributed by atoms with Gasteiger partial charge < -0.3 is 4.90 Å². The summed E-state index contributed by atoms with van der Waals surface area (Å²) in [6, 6.07) is 8.56. The molecule has 0 bridgehead atoms. The fourth-order valence-corrected chi connectivity index (χ4v) is 2.63. The smallest absolute Gasteiger partial charge is 0.293 e. The van der Waals surface area contributed by atoms with E-state index >= 15 is 0 Å². The van der Waals surface area contributed by atoms with Crippen LogP contribution in [0.5, 0.6) is 0 Å². The van der Waals surface area contributed by atoms with Crippen LogP contribution in [-0.4, -0.2) is 24.8 Å². The van der Waals surface area contributed by atoms with Crippen molar-refractivity contribution in [2.45, 2.75) is 6.42 Å². The lowest BCUT2D eigenvalue weighted by Gasteiger charge is -2.18. The van der Waals surface area contributed by atoms with Gasteiger partial charge in [-0.1, -0.05) is 6.07 Å². The van der Waals surface area contributed by atoms with Crippen LogP contribution in [0.4, 0.5) is 11.4 Å². The molecule has 0 unspecified atom stereocenters. The normalized spacial score (nSPS) is 10.2. The number of carbonyl (C=O) groups excluding carboxylic acids is 1. The summed E-state index contributed by atoms with van der Waals surface area (Å²) in [5.74, 6) is 0. The average molecular weight is 290 g/mol. The van der Waals surface area contributed by atoms with Gasteiger partial charge in [-0.05, 0) is 30.0 Å². The Labute approximate surface area is 120 Å². The largest absolute Gasteiger partial charge is 0.369 e. The summed E-state index contributed by atoms with van der Waals surface area (Å²) >= 11 is 1.67. The van der Waals surface area contributed by atoms with Crippen LogP contribution >= 0.6 is 11.3 Å². The van der Waals surface area contributed by atoms with Crippen molar-refractivity contribution in [3.63, 3.8) is 0 Å². The molecule has 5 nitrogen and oxygen atoms in total. The highest BCUT2D eigenvalue weighted by Gasteiger charge is 2.17. The highest BCUT2D eigenvalue weighted by atomic mass is 32.1. The molecule has 0 saturated carbocycles. The lowest BCUT2D eigenvalue weighted by atomic mass is 10.1. The van der Waals surface area contributed by atoms with Crippen molar-refractivity contribution in [1.82, 2.24) is 0 Å². The van der Waals surface area contributed by atoms with E-state index in [0.717, 1.165) is 6.42 Å². The molecule has 0 saturated heterocycles. The molecule has 6 heteroatoms. The lowest BCUT2D eigenvalue weighted by molar-refractivity contribution is -0.384. The van der Waals surface area contributed by atoms with Gasteiger partial charge in [0.1, 0.15) is 12.0 Å². The van der Waals surface area contributed by atoms with E-state index in [1.807, 2.05) is 29.5 Å². The van der Waals surface area contributed by atoms with Gasteiger partial charge in [0.2, 0.25) is 0 Å². The maximum atomic E-state index is 11.1. The number of nitrogens with zero attached hydrogens (tertiary/aromatic N) is 2. The molecule has 104 valence electrons. The predicted octanol–water partition coefficient (Wildman–Crippen LogP) is 3.15. The van der Waals surface area contributed by atoms with E-state index in [2.05, 4.69) is 0 Å². The lowest BCUT2D eigenvalue weighted by Crippen LogP contribution is -2.21. The molecule has 0 atom stereocenters. The molecule has 0 aliphatic heterocycles. The van der Waals surface area contributed by atoms with E-state index in [1.54, 1.807) is 23.5 Å². The number of benzene rings is 1. The number of likely N-dealkylation sites (N-methyl/N-ethyl adjacent to an activating group) is 1. The van der Waals surface area contributed by atoms with Crippen molar-refractivity contribution in [1.29, 1.82) is 0 Å². The van der Waals surface area contributed by atoms with Crippen molar-refractivity contribution >= 4 is 29.0 Å². The summed E-state index contributed by atoms with van der Waals surface area (Å²) in [5.41, 5.74) is 0.799. The number of thiophene rings is 1. The van der Waals surface area contributed by atoms with Gasteiger partial charge in [-0.3, -0.25) is 14.9 Å². The van der Waals surface area contributed by atoms with E-state index in [0.29, 0.717) is 24.1 Å². The number of hydrogen-bond donors (Lipinski definition) is 0. The molecule has 0 N–H and O–H groups in total. The van der Waals surface area contributed by atoms with Crippen LogP contribution in [0.25, 0.3) is 0 Å². The SMILES string of the molecule is CN(CCc1cccs1)c1ccc(C=O)cc1[N+](=O)[O-]. The Balaban J connectivity index is 2.18. The Hall–Kier alpha value is -2.21. The summed E-state index contributed by atoms with van der Waals surface area (Å²) < 4.78 is 0. The minimum atomic E-state index is -0.454. The summed E-state index contributed by atoms with van der Waals surface area (Å²) in [4.78, 5) is 24.4. The predicted molar refractivity (Wildman–Crippen MR) is 79.8 cm³/mol. The summed E-state index contributed by atoms with van der Waals surface area (Å²) in [6.07, 6.45) is 1.45. The molecule has 0 fully saturated rings. The molecule has 1 aromatic carbocycles. The number of hydrogen-bond acceptors (Lipinski definition) is 5. The number of anilines is 1. The van der Waals surface area contributed by atoms with E-state index in [4.69, 9.17) is 0 Å². The molecule has 1 aromatic heterocycles. The maximum absolute atomic E-state index is 11.1. The Morgan fingerprint density at radius 3 is 2.80 bits per heavy atom. The molecule has 0 amide bonds. The Bertz CT molecular complexity index is 611. The zero-order valence-electron chi connectivity index (χ0n) is 11.0. The van der Waals surface area contributed by atoms with Crippen LogP contribution in [0, 0.1) is 10.1 Å². The van der Waals surface area contributed by atoms with Crippen LogP contribution < -0.4 is 4.90 Å². The van der Waals surface area contributed by atoms with Crippen LogP contribution in [0.1, 0.15) is 15.2 Å². The second-order valence-corrected chi connectivity index (χ2v) is 5.41. The van der Waals surface area contributed by atoms with Gasteiger partial charge in [0.25, 0.3) is 5.69 Å². The second-order valence-electron chi connectivity index (χ2n) is 4.37. The molecule has 20 heavy (non-hydrogen) atoms. The fourth-order valence-electron chi connectivity index (χ4n) is 1.94. The topological polar surface area (TPSA) is 63.5 Å². The molecular weight excluding hydrogens is 276 g/mol. The quantitative estimate of drug-likeness (QED) is 0.466. The zero-order chi connectivity index (χ0) is 14.5. The van der Waals surface area contributed by atoms with Gasteiger partial charge in [-0.25, -0.2) is 0 Å². The molecule has 0 spiro atoms. The first kappa shape index (κ1) is 14.2. The van der Waals surface area contributed by atoms with Crippen LogP contribution in [0.3, 0.4) is 0 Å². The minimum absolute atomic E-state index is 0.0386. The van der Waals surface area contributed by atoms with Gasteiger partial charge in [-0.15, -0.1) is 11.3 Å². The third kappa shape index (κ3) is 3.21.